The molecule has 1 aromatic heterocycles. The van der Waals surface area contributed by atoms with E-state index in [2.05, 4.69) is 5.32 Å². The summed E-state index contributed by atoms with van der Waals surface area (Å²) >= 11 is 1.35. The quantitative estimate of drug-likeness (QED) is 0.878. The molecule has 1 aliphatic rings. The zero-order valence-corrected chi connectivity index (χ0v) is 13.3. The molecule has 0 saturated carbocycles. The molecule has 4 nitrogen and oxygen atoms in total. The van der Waals surface area contributed by atoms with Crippen LogP contribution in [0, 0.1) is 0 Å². The van der Waals surface area contributed by atoms with E-state index in [0.29, 0.717) is 5.00 Å². The van der Waals surface area contributed by atoms with Crippen molar-refractivity contribution in [3.63, 3.8) is 0 Å². The molecule has 1 amide bonds. The molecule has 0 radical (unpaired) electrons. The molecule has 0 spiro atoms. The number of carboxylic acids is 1. The van der Waals surface area contributed by atoms with Crippen molar-refractivity contribution in [1.29, 1.82) is 0 Å². The van der Waals surface area contributed by atoms with Crippen molar-refractivity contribution < 1.29 is 14.7 Å². The number of anilines is 1. The van der Waals surface area contributed by atoms with Gasteiger partial charge in [0.2, 0.25) is 5.91 Å². The third-order valence-corrected chi connectivity index (χ3v) is 5.05. The zero-order valence-electron chi connectivity index (χ0n) is 12.5. The van der Waals surface area contributed by atoms with Crippen LogP contribution in [0.2, 0.25) is 0 Å². The fraction of sp³-hybridized carbons (Fsp3) is 0.222. The Labute approximate surface area is 138 Å². The van der Waals surface area contributed by atoms with Crippen LogP contribution in [-0.4, -0.2) is 11.9 Å². The molecule has 0 fully saturated rings. The summed E-state index contributed by atoms with van der Waals surface area (Å²) in [5.41, 5.74) is 1.91. The molecule has 1 N–H and O–H groups in total. The second-order valence-corrected chi connectivity index (χ2v) is 6.54. The maximum absolute atomic E-state index is 12.1. The molecule has 0 unspecified atom stereocenters. The average molecular weight is 326 g/mol. The molecule has 5 heteroatoms. The SMILES string of the molecule is O=C(/C=C/c1ccccc1)Nc1sc2c(c1C(=O)[O-])CCCC2. The number of benzene rings is 1. The van der Waals surface area contributed by atoms with Gasteiger partial charge in [-0.05, 0) is 42.9 Å². The number of aromatic carboxylic acids is 1. The number of rotatable bonds is 4. The molecule has 0 bridgehead atoms. The first-order valence-electron chi connectivity index (χ1n) is 7.55. The third kappa shape index (κ3) is 3.51. The van der Waals surface area contributed by atoms with Crippen molar-refractivity contribution >= 4 is 34.3 Å². The van der Waals surface area contributed by atoms with Crippen LogP contribution in [0.3, 0.4) is 0 Å². The Morgan fingerprint density at radius 3 is 2.61 bits per heavy atom. The molecule has 1 heterocycles. The van der Waals surface area contributed by atoms with Crippen LogP contribution in [0.5, 0.6) is 0 Å². The predicted octanol–water partition coefficient (Wildman–Crippen LogP) is 2.64. The summed E-state index contributed by atoms with van der Waals surface area (Å²) in [4.78, 5) is 24.6. The number of aryl methyl sites for hydroxylation is 1. The minimum absolute atomic E-state index is 0.158. The highest BCUT2D eigenvalue weighted by Crippen LogP contribution is 2.37. The number of carboxylic acid groups (broad SMARTS) is 1. The van der Waals surface area contributed by atoms with E-state index in [1.807, 2.05) is 30.3 Å². The lowest BCUT2D eigenvalue weighted by molar-refractivity contribution is -0.254. The third-order valence-electron chi connectivity index (χ3n) is 3.84. The molecule has 2 aromatic rings. The van der Waals surface area contributed by atoms with Crippen molar-refractivity contribution in [2.24, 2.45) is 0 Å². The maximum atomic E-state index is 12.1. The van der Waals surface area contributed by atoms with Gasteiger partial charge in [0.25, 0.3) is 0 Å². The second-order valence-electron chi connectivity index (χ2n) is 5.44. The minimum atomic E-state index is -1.22. The fourth-order valence-corrected chi connectivity index (χ4v) is 4.04. The Bertz CT molecular complexity index is 762. The topological polar surface area (TPSA) is 69.2 Å². The van der Waals surface area contributed by atoms with Gasteiger partial charge in [-0.3, -0.25) is 4.79 Å². The largest absolute Gasteiger partial charge is 0.545 e. The Hall–Kier alpha value is -2.40. The molecule has 3 rings (SSSR count). The van der Waals surface area contributed by atoms with Crippen molar-refractivity contribution in [1.82, 2.24) is 0 Å². The first kappa shape index (κ1) is 15.5. The van der Waals surface area contributed by atoms with E-state index in [4.69, 9.17) is 0 Å². The lowest BCUT2D eigenvalue weighted by Gasteiger charge is -2.13. The van der Waals surface area contributed by atoms with E-state index >= 15 is 0 Å². The van der Waals surface area contributed by atoms with Crippen LogP contribution in [0.15, 0.2) is 36.4 Å². The molecule has 118 valence electrons. The van der Waals surface area contributed by atoms with Gasteiger partial charge in [-0.25, -0.2) is 0 Å². The van der Waals surface area contributed by atoms with Gasteiger partial charge < -0.3 is 15.2 Å². The van der Waals surface area contributed by atoms with Crippen LogP contribution in [0.4, 0.5) is 5.00 Å². The fourth-order valence-electron chi connectivity index (χ4n) is 2.76. The van der Waals surface area contributed by atoms with E-state index in [-0.39, 0.29) is 11.5 Å². The van der Waals surface area contributed by atoms with E-state index in [0.717, 1.165) is 41.7 Å². The van der Waals surface area contributed by atoms with Crippen LogP contribution < -0.4 is 10.4 Å². The smallest absolute Gasteiger partial charge is 0.249 e. The van der Waals surface area contributed by atoms with E-state index < -0.39 is 5.97 Å². The van der Waals surface area contributed by atoms with E-state index in [1.165, 1.54) is 17.4 Å². The summed E-state index contributed by atoms with van der Waals surface area (Å²) < 4.78 is 0. The van der Waals surface area contributed by atoms with Crippen LogP contribution in [0.1, 0.15) is 39.2 Å². The Morgan fingerprint density at radius 2 is 1.87 bits per heavy atom. The highest BCUT2D eigenvalue weighted by atomic mass is 32.1. The van der Waals surface area contributed by atoms with Gasteiger partial charge in [0, 0.05) is 16.5 Å². The van der Waals surface area contributed by atoms with Crippen LogP contribution in [0.25, 0.3) is 6.08 Å². The van der Waals surface area contributed by atoms with E-state index in [9.17, 15) is 14.7 Å². The van der Waals surface area contributed by atoms with Gasteiger partial charge >= 0.3 is 0 Å². The number of carbonyl (C=O) groups is 2. The summed E-state index contributed by atoms with van der Waals surface area (Å²) in [7, 11) is 0. The van der Waals surface area contributed by atoms with Gasteiger partial charge in [-0.2, -0.15) is 0 Å². The summed E-state index contributed by atoms with van der Waals surface area (Å²) in [5.74, 6) is -1.55. The summed E-state index contributed by atoms with van der Waals surface area (Å²) in [5, 5.41) is 14.5. The Morgan fingerprint density at radius 1 is 1.13 bits per heavy atom. The summed E-state index contributed by atoms with van der Waals surface area (Å²) in [6.07, 6.45) is 6.75. The van der Waals surface area contributed by atoms with Gasteiger partial charge in [-0.1, -0.05) is 30.3 Å². The Kier molecular flexibility index (Phi) is 4.57. The second kappa shape index (κ2) is 6.79. The number of fused-ring (bicyclic) bond motifs is 1. The van der Waals surface area contributed by atoms with Gasteiger partial charge in [0.15, 0.2) is 0 Å². The van der Waals surface area contributed by atoms with Gasteiger partial charge in [0.1, 0.15) is 5.00 Å². The average Bonchev–Trinajstić information content (AvgIpc) is 2.91. The molecule has 23 heavy (non-hydrogen) atoms. The number of carbonyl (C=O) groups excluding carboxylic acids is 2. The molecule has 0 atom stereocenters. The molecular weight excluding hydrogens is 310 g/mol. The molecular formula is C18H16NO3S-. The molecule has 1 aliphatic carbocycles. The zero-order chi connectivity index (χ0) is 16.2. The lowest BCUT2D eigenvalue weighted by Crippen LogP contribution is -2.25. The van der Waals surface area contributed by atoms with Crippen molar-refractivity contribution in [3.8, 4) is 0 Å². The summed E-state index contributed by atoms with van der Waals surface area (Å²) in [6.45, 7) is 0. The number of nitrogens with one attached hydrogen (secondary N) is 1. The van der Waals surface area contributed by atoms with Crippen LogP contribution in [-0.2, 0) is 17.6 Å². The number of hydrogen-bond acceptors (Lipinski definition) is 4. The number of thiophene rings is 1. The van der Waals surface area contributed by atoms with Crippen molar-refractivity contribution in [2.75, 3.05) is 5.32 Å². The summed E-state index contributed by atoms with van der Waals surface area (Å²) in [6, 6.07) is 9.46. The van der Waals surface area contributed by atoms with Gasteiger partial charge in [0.05, 0.1) is 5.97 Å². The Balaban J connectivity index is 1.80. The number of amides is 1. The molecule has 0 saturated heterocycles. The first-order chi connectivity index (χ1) is 11.1. The highest BCUT2D eigenvalue weighted by Gasteiger charge is 2.22. The van der Waals surface area contributed by atoms with Crippen molar-refractivity contribution in [3.05, 3.63) is 58.0 Å². The molecule has 1 aromatic carbocycles. The number of hydrogen-bond donors (Lipinski definition) is 1. The normalized spacial score (nSPS) is 13.7. The first-order valence-corrected chi connectivity index (χ1v) is 8.37. The lowest BCUT2D eigenvalue weighted by atomic mass is 9.95. The molecule has 0 aliphatic heterocycles. The standard InChI is InChI=1S/C18H17NO3S/c20-15(11-10-12-6-2-1-3-7-12)19-17-16(18(21)22)13-8-4-5-9-14(13)23-17/h1-3,6-7,10-11H,4-5,8-9H2,(H,19,20)(H,21,22)/p-1/b11-10+. The van der Waals surface area contributed by atoms with E-state index in [1.54, 1.807) is 6.08 Å². The van der Waals surface area contributed by atoms with Gasteiger partial charge in [-0.15, -0.1) is 11.3 Å². The minimum Gasteiger partial charge on any atom is -0.545 e. The monoisotopic (exact) mass is 326 g/mol. The highest BCUT2D eigenvalue weighted by molar-refractivity contribution is 7.17. The maximum Gasteiger partial charge on any atom is 0.249 e. The van der Waals surface area contributed by atoms with Crippen molar-refractivity contribution in [2.45, 2.75) is 25.7 Å². The van der Waals surface area contributed by atoms with Crippen LogP contribution >= 0.6 is 11.3 Å². The predicted molar refractivity (Wildman–Crippen MR) is 89.4 cm³/mol.